The average Bonchev–Trinajstić information content (AvgIpc) is 3.17. The third kappa shape index (κ3) is 3.63. The molecule has 0 bridgehead atoms. The van der Waals surface area contributed by atoms with E-state index in [1.54, 1.807) is 11.9 Å². The van der Waals surface area contributed by atoms with E-state index in [4.69, 9.17) is 4.74 Å². The Morgan fingerprint density at radius 2 is 2.00 bits per heavy atom. The van der Waals surface area contributed by atoms with E-state index in [0.29, 0.717) is 0 Å². The van der Waals surface area contributed by atoms with E-state index in [9.17, 15) is 9.59 Å². The van der Waals surface area contributed by atoms with Crippen molar-refractivity contribution in [2.24, 2.45) is 0 Å². The van der Waals surface area contributed by atoms with Gasteiger partial charge in [0.1, 0.15) is 5.69 Å². The van der Waals surface area contributed by atoms with Crippen molar-refractivity contribution in [1.29, 1.82) is 0 Å². The third-order valence-corrected chi connectivity index (χ3v) is 4.98. The minimum Gasteiger partial charge on any atom is -0.491 e. The van der Waals surface area contributed by atoms with Gasteiger partial charge in [-0.1, -0.05) is 30.3 Å². The number of carbonyl (C=O) groups is 1. The number of methoxy groups -OCH3 is 1. The first-order valence-electron chi connectivity index (χ1n) is 8.61. The number of likely N-dealkylation sites (N-methyl/N-ethyl adjacent to an activating group) is 1. The number of hydrogen-bond acceptors (Lipinski definition) is 5. The molecule has 1 aromatic carbocycles. The Morgan fingerprint density at radius 1 is 1.27 bits per heavy atom. The number of benzene rings is 1. The predicted octanol–water partition coefficient (Wildman–Crippen LogP) is 1.45. The van der Waals surface area contributed by atoms with Gasteiger partial charge >= 0.3 is 0 Å². The minimum atomic E-state index is -0.319. The van der Waals surface area contributed by atoms with Crippen molar-refractivity contribution < 1.29 is 9.53 Å². The second-order valence-electron chi connectivity index (χ2n) is 6.53. The first-order chi connectivity index (χ1) is 12.5. The zero-order valence-corrected chi connectivity index (χ0v) is 15.2. The summed E-state index contributed by atoms with van der Waals surface area (Å²) in [4.78, 5) is 29.1. The van der Waals surface area contributed by atoms with Crippen LogP contribution in [0.15, 0.2) is 47.4 Å². The maximum atomic E-state index is 12.7. The number of aromatic amines is 1. The Hall–Kier alpha value is -2.64. The number of aromatic nitrogens is 1. The van der Waals surface area contributed by atoms with Gasteiger partial charge in [-0.3, -0.25) is 15.0 Å². The molecule has 3 unspecified atom stereocenters. The van der Waals surface area contributed by atoms with E-state index >= 15 is 0 Å². The van der Waals surface area contributed by atoms with Crippen molar-refractivity contribution in [3.8, 4) is 5.75 Å². The molecule has 3 rings (SSSR count). The lowest BCUT2D eigenvalue weighted by molar-refractivity contribution is 0.0709. The smallest absolute Gasteiger partial charge is 0.270 e. The van der Waals surface area contributed by atoms with E-state index in [1.807, 2.05) is 25.1 Å². The summed E-state index contributed by atoms with van der Waals surface area (Å²) in [6.45, 7) is 1.99. The van der Waals surface area contributed by atoms with E-state index in [-0.39, 0.29) is 40.9 Å². The molecule has 1 saturated heterocycles. The summed E-state index contributed by atoms with van der Waals surface area (Å²) < 4.78 is 4.94. The lowest BCUT2D eigenvalue weighted by atomic mass is 9.98. The monoisotopic (exact) mass is 356 g/mol. The fourth-order valence-electron chi connectivity index (χ4n) is 3.19. The summed E-state index contributed by atoms with van der Waals surface area (Å²) in [6.07, 6.45) is 2.27. The number of rotatable bonds is 5. The summed E-state index contributed by atoms with van der Waals surface area (Å²) in [5.41, 5.74) is 7.72. The molecular formula is C19H24N4O3. The number of H-pyrrole nitrogens is 1. The fourth-order valence-corrected chi connectivity index (χ4v) is 3.19. The van der Waals surface area contributed by atoms with Gasteiger partial charge in [0.05, 0.1) is 7.11 Å². The zero-order chi connectivity index (χ0) is 18.7. The number of pyridine rings is 1. The second-order valence-corrected chi connectivity index (χ2v) is 6.53. The Balaban J connectivity index is 1.68. The molecule has 0 aliphatic carbocycles. The predicted molar refractivity (Wildman–Crippen MR) is 99.0 cm³/mol. The normalized spacial score (nSPS) is 20.6. The Labute approximate surface area is 152 Å². The molecule has 26 heavy (non-hydrogen) atoms. The molecule has 0 radical (unpaired) electrons. The second kappa shape index (κ2) is 7.72. The molecule has 1 amide bonds. The number of nitrogens with zero attached hydrogens (tertiary/aromatic N) is 1. The van der Waals surface area contributed by atoms with Gasteiger partial charge in [-0.2, -0.15) is 0 Å². The lowest BCUT2D eigenvalue weighted by Gasteiger charge is -2.29. The molecule has 3 atom stereocenters. The summed E-state index contributed by atoms with van der Waals surface area (Å²) in [6, 6.07) is 11.7. The van der Waals surface area contributed by atoms with E-state index in [1.165, 1.54) is 24.9 Å². The third-order valence-electron chi connectivity index (χ3n) is 4.98. The molecular weight excluding hydrogens is 332 g/mol. The van der Waals surface area contributed by atoms with Crippen LogP contribution in [0, 0.1) is 0 Å². The van der Waals surface area contributed by atoms with Gasteiger partial charge in [-0.25, -0.2) is 5.43 Å². The van der Waals surface area contributed by atoms with E-state index < -0.39 is 0 Å². The maximum absolute atomic E-state index is 12.7. The van der Waals surface area contributed by atoms with Gasteiger partial charge in [0, 0.05) is 37.4 Å². The number of hydrogen-bond donors (Lipinski definition) is 3. The van der Waals surface area contributed by atoms with Gasteiger partial charge in [-0.15, -0.1) is 0 Å². The number of hydrazine groups is 1. The highest BCUT2D eigenvalue weighted by Crippen LogP contribution is 2.25. The van der Waals surface area contributed by atoms with Crippen molar-refractivity contribution in [1.82, 2.24) is 20.7 Å². The number of ether oxygens (including phenoxy) is 1. The van der Waals surface area contributed by atoms with Crippen LogP contribution in [0.2, 0.25) is 0 Å². The highest BCUT2D eigenvalue weighted by atomic mass is 16.5. The number of nitrogens with one attached hydrogen (secondary N) is 3. The van der Waals surface area contributed by atoms with Crippen LogP contribution in [0.4, 0.5) is 0 Å². The van der Waals surface area contributed by atoms with Crippen LogP contribution in [0.3, 0.4) is 0 Å². The average molecular weight is 356 g/mol. The van der Waals surface area contributed by atoms with Gasteiger partial charge < -0.3 is 14.6 Å². The summed E-state index contributed by atoms with van der Waals surface area (Å²) in [5.74, 6) is -0.0492. The van der Waals surface area contributed by atoms with E-state index in [0.717, 1.165) is 6.42 Å². The van der Waals surface area contributed by atoms with Gasteiger partial charge in [-0.05, 0) is 18.9 Å². The number of carbonyl (C=O) groups excluding carboxylic acids is 1. The lowest BCUT2D eigenvalue weighted by Crippen LogP contribution is -2.48. The molecule has 7 nitrogen and oxygen atoms in total. The largest absolute Gasteiger partial charge is 0.491 e. The Morgan fingerprint density at radius 3 is 2.65 bits per heavy atom. The van der Waals surface area contributed by atoms with Crippen LogP contribution < -0.4 is 21.0 Å². The summed E-state index contributed by atoms with van der Waals surface area (Å²) in [7, 11) is 3.16. The molecule has 1 aliphatic heterocycles. The first-order valence-corrected chi connectivity index (χ1v) is 8.61. The molecule has 2 aromatic rings. The molecule has 1 aromatic heterocycles. The van der Waals surface area contributed by atoms with Crippen LogP contribution in [-0.2, 0) is 0 Å². The molecule has 3 N–H and O–H groups in total. The standard InChI is InChI=1S/C19H24N4O3/c1-12(14-9-15(22-21-14)13-7-5-4-6-8-13)23(2)19(25)16-10-17(24)18(26-3)11-20-16/h4-8,10-12,14-15,21-22H,9H2,1-3H3,(H,20,24). The maximum Gasteiger partial charge on any atom is 0.270 e. The van der Waals surface area contributed by atoms with Crippen LogP contribution in [0.5, 0.6) is 5.75 Å². The Kier molecular flexibility index (Phi) is 5.39. The topological polar surface area (TPSA) is 86.5 Å². The molecule has 2 heterocycles. The Bertz CT molecular complexity index is 821. The molecule has 0 spiro atoms. The molecule has 0 saturated carbocycles. The first kappa shape index (κ1) is 18.2. The van der Waals surface area contributed by atoms with Crippen LogP contribution in [0.1, 0.15) is 35.4 Å². The van der Waals surface area contributed by atoms with Crippen LogP contribution in [-0.4, -0.2) is 42.0 Å². The summed E-state index contributed by atoms with van der Waals surface area (Å²) >= 11 is 0. The highest BCUT2D eigenvalue weighted by Gasteiger charge is 2.32. The van der Waals surface area contributed by atoms with Crippen molar-refractivity contribution in [3.63, 3.8) is 0 Å². The SMILES string of the molecule is COc1c[nH]c(C(=O)N(C)C(C)C2CC(c3ccccc3)NN2)cc1=O. The van der Waals surface area contributed by atoms with E-state index in [2.05, 4.69) is 28.0 Å². The quantitative estimate of drug-likeness (QED) is 0.755. The highest BCUT2D eigenvalue weighted by molar-refractivity contribution is 5.92. The molecule has 7 heteroatoms. The van der Waals surface area contributed by atoms with Gasteiger partial charge in [0.25, 0.3) is 5.91 Å². The van der Waals surface area contributed by atoms with Crippen molar-refractivity contribution in [2.75, 3.05) is 14.2 Å². The van der Waals surface area contributed by atoms with Crippen molar-refractivity contribution >= 4 is 5.91 Å². The fraction of sp³-hybridized carbons (Fsp3) is 0.368. The van der Waals surface area contributed by atoms with Gasteiger partial charge in [0.2, 0.25) is 5.43 Å². The van der Waals surface area contributed by atoms with Crippen LogP contribution in [0.25, 0.3) is 0 Å². The number of amides is 1. The minimum absolute atomic E-state index is 0.0608. The molecule has 1 fully saturated rings. The van der Waals surface area contributed by atoms with Crippen molar-refractivity contribution in [3.05, 3.63) is 64.1 Å². The summed E-state index contributed by atoms with van der Waals surface area (Å²) in [5, 5.41) is 0. The van der Waals surface area contributed by atoms with Crippen LogP contribution >= 0.6 is 0 Å². The molecule has 138 valence electrons. The van der Waals surface area contributed by atoms with Crippen molar-refractivity contribution in [2.45, 2.75) is 31.5 Å². The zero-order valence-electron chi connectivity index (χ0n) is 15.2. The molecule has 1 aliphatic rings. The van der Waals surface area contributed by atoms with Gasteiger partial charge in [0.15, 0.2) is 5.75 Å².